The molecule has 1 heterocycles. The van der Waals surface area contributed by atoms with E-state index in [-0.39, 0.29) is 23.0 Å². The summed E-state index contributed by atoms with van der Waals surface area (Å²) in [6, 6.07) is 2.09. The van der Waals surface area contributed by atoms with Crippen LogP contribution < -0.4 is 0 Å². The topological polar surface area (TPSA) is 55.1 Å². The van der Waals surface area contributed by atoms with E-state index < -0.39 is 0 Å². The van der Waals surface area contributed by atoms with E-state index in [4.69, 9.17) is 0 Å². The van der Waals surface area contributed by atoms with E-state index in [0.29, 0.717) is 29.5 Å². The van der Waals surface area contributed by atoms with Crippen LogP contribution in [0.2, 0.25) is 0 Å². The molecule has 0 aromatic carbocycles. The number of carbonyl (C=O) groups excluding carboxylic acids is 1. The quantitative estimate of drug-likeness (QED) is 0.827. The standard InChI is InChI=1S/C22H32N2O2/c1-21-11-9-18(25)20(24-13-3-12-23-24)17(21)5-4-14-15-6-7-19(26)22(15,2)10-8-16(14)21/h3,12-18,20,25H,4-11H2,1-2H3/t14-,15-,16-,17-,18+,20+,21+,22-/m0/s1. The lowest BCUT2D eigenvalue weighted by molar-refractivity contribution is -0.152. The molecule has 0 spiro atoms. The van der Waals surface area contributed by atoms with Gasteiger partial charge in [0.05, 0.1) is 12.1 Å². The van der Waals surface area contributed by atoms with Crippen molar-refractivity contribution in [1.29, 1.82) is 0 Å². The van der Waals surface area contributed by atoms with Gasteiger partial charge >= 0.3 is 0 Å². The second-order valence-electron chi connectivity index (χ2n) is 10.1. The van der Waals surface area contributed by atoms with Gasteiger partial charge in [0.15, 0.2) is 0 Å². The maximum absolute atomic E-state index is 12.6. The number of Topliss-reactive ketones (excluding diaryl/α,β-unsaturated/α-hetero) is 1. The van der Waals surface area contributed by atoms with Crippen LogP contribution in [0.4, 0.5) is 0 Å². The summed E-state index contributed by atoms with van der Waals surface area (Å²) in [6.45, 7) is 4.76. The number of ketones is 1. The highest BCUT2D eigenvalue weighted by atomic mass is 16.3. The Morgan fingerprint density at radius 3 is 2.69 bits per heavy atom. The second-order valence-corrected chi connectivity index (χ2v) is 10.1. The van der Waals surface area contributed by atoms with Gasteiger partial charge in [0.25, 0.3) is 0 Å². The van der Waals surface area contributed by atoms with Gasteiger partial charge in [-0.15, -0.1) is 0 Å². The van der Waals surface area contributed by atoms with Crippen LogP contribution in [0.3, 0.4) is 0 Å². The average Bonchev–Trinajstić information content (AvgIpc) is 3.24. The Bertz CT molecular complexity index is 701. The summed E-state index contributed by atoms with van der Waals surface area (Å²) < 4.78 is 2.03. The van der Waals surface area contributed by atoms with Crippen LogP contribution in [0.1, 0.15) is 71.3 Å². The monoisotopic (exact) mass is 356 g/mol. The van der Waals surface area contributed by atoms with Crippen molar-refractivity contribution in [2.75, 3.05) is 0 Å². The van der Waals surface area contributed by atoms with Crippen molar-refractivity contribution in [3.63, 3.8) is 0 Å². The molecule has 4 fully saturated rings. The molecule has 0 unspecified atom stereocenters. The Hall–Kier alpha value is -1.16. The van der Waals surface area contributed by atoms with Gasteiger partial charge in [-0.1, -0.05) is 13.8 Å². The molecule has 1 aromatic heterocycles. The molecular formula is C22H32N2O2. The number of hydrogen-bond donors (Lipinski definition) is 1. The summed E-state index contributed by atoms with van der Waals surface area (Å²) in [7, 11) is 0. The molecule has 0 radical (unpaired) electrons. The predicted molar refractivity (Wildman–Crippen MR) is 99.4 cm³/mol. The summed E-state index contributed by atoms with van der Waals surface area (Å²) in [5.74, 6) is 3.03. The van der Waals surface area contributed by atoms with Crippen molar-refractivity contribution < 1.29 is 9.90 Å². The van der Waals surface area contributed by atoms with Crippen LogP contribution in [0.25, 0.3) is 0 Å². The molecule has 142 valence electrons. The SMILES string of the molecule is C[C@]12CC[C@@H](O)[C@H](n3cccn3)[C@@H]1CC[C@@H]1[C@@H]2CC[C@]2(C)C(=O)CC[C@@H]12. The maximum Gasteiger partial charge on any atom is 0.139 e. The third kappa shape index (κ3) is 2.11. The van der Waals surface area contributed by atoms with Gasteiger partial charge in [-0.05, 0) is 80.1 Å². The number of aliphatic hydroxyl groups is 1. The molecule has 0 aliphatic heterocycles. The van der Waals surface area contributed by atoms with Gasteiger partial charge in [-0.25, -0.2) is 0 Å². The molecule has 0 bridgehead atoms. The van der Waals surface area contributed by atoms with Crippen molar-refractivity contribution in [2.24, 2.45) is 34.5 Å². The van der Waals surface area contributed by atoms with Crippen LogP contribution >= 0.6 is 0 Å². The Morgan fingerprint density at radius 2 is 1.92 bits per heavy atom. The molecule has 1 N–H and O–H groups in total. The summed E-state index contributed by atoms with van der Waals surface area (Å²) in [5, 5.41) is 15.3. The van der Waals surface area contributed by atoms with E-state index in [1.807, 2.05) is 23.1 Å². The number of aliphatic hydroxyl groups excluding tert-OH is 1. The molecule has 8 atom stereocenters. The summed E-state index contributed by atoms with van der Waals surface area (Å²) in [6.07, 6.45) is 12.2. The number of aromatic nitrogens is 2. The second kappa shape index (κ2) is 5.67. The molecule has 4 heteroatoms. The number of fused-ring (bicyclic) bond motifs is 5. The molecule has 5 rings (SSSR count). The normalized spacial score (nSPS) is 50.8. The zero-order valence-corrected chi connectivity index (χ0v) is 16.1. The third-order valence-corrected chi connectivity index (χ3v) is 9.27. The van der Waals surface area contributed by atoms with Crippen LogP contribution in [0.15, 0.2) is 18.5 Å². The fourth-order valence-corrected chi connectivity index (χ4v) is 7.90. The zero-order valence-electron chi connectivity index (χ0n) is 16.1. The lowest BCUT2D eigenvalue weighted by Gasteiger charge is -2.61. The fourth-order valence-electron chi connectivity index (χ4n) is 7.90. The van der Waals surface area contributed by atoms with Crippen LogP contribution in [-0.4, -0.2) is 26.8 Å². The molecule has 0 saturated heterocycles. The van der Waals surface area contributed by atoms with Crippen molar-refractivity contribution in [2.45, 2.75) is 77.4 Å². The molecular weight excluding hydrogens is 324 g/mol. The summed E-state index contributed by atoms with van der Waals surface area (Å²) >= 11 is 0. The first-order valence-corrected chi connectivity index (χ1v) is 10.7. The van der Waals surface area contributed by atoms with Crippen molar-refractivity contribution in [1.82, 2.24) is 9.78 Å². The molecule has 4 saturated carbocycles. The van der Waals surface area contributed by atoms with Gasteiger partial charge in [0, 0.05) is 24.2 Å². The number of nitrogens with zero attached hydrogens (tertiary/aromatic N) is 2. The molecule has 26 heavy (non-hydrogen) atoms. The Balaban J connectivity index is 1.49. The van der Waals surface area contributed by atoms with Crippen molar-refractivity contribution in [3.8, 4) is 0 Å². The Kier molecular flexibility index (Phi) is 3.70. The zero-order chi connectivity index (χ0) is 18.1. The lowest BCUT2D eigenvalue weighted by atomic mass is 9.44. The van der Waals surface area contributed by atoms with E-state index in [1.54, 1.807) is 0 Å². The third-order valence-electron chi connectivity index (χ3n) is 9.27. The van der Waals surface area contributed by atoms with E-state index in [0.717, 1.165) is 32.1 Å². The number of rotatable bonds is 1. The highest BCUT2D eigenvalue weighted by Crippen LogP contribution is 2.66. The van der Waals surface area contributed by atoms with Gasteiger partial charge in [-0.2, -0.15) is 5.10 Å². The van der Waals surface area contributed by atoms with Crippen LogP contribution in [-0.2, 0) is 4.79 Å². The fraction of sp³-hybridized carbons (Fsp3) is 0.818. The minimum Gasteiger partial charge on any atom is -0.391 e. The average molecular weight is 357 g/mol. The van der Waals surface area contributed by atoms with Gasteiger partial charge in [0.1, 0.15) is 5.78 Å². The summed E-state index contributed by atoms with van der Waals surface area (Å²) in [4.78, 5) is 12.6. The Morgan fingerprint density at radius 1 is 1.08 bits per heavy atom. The first-order valence-electron chi connectivity index (χ1n) is 10.7. The lowest BCUT2D eigenvalue weighted by Crippen LogP contribution is -2.57. The first kappa shape index (κ1) is 17.0. The smallest absolute Gasteiger partial charge is 0.139 e. The van der Waals surface area contributed by atoms with E-state index in [1.165, 1.54) is 19.3 Å². The van der Waals surface area contributed by atoms with Crippen LogP contribution in [0, 0.1) is 34.5 Å². The number of carbonyl (C=O) groups is 1. The highest BCUT2D eigenvalue weighted by Gasteiger charge is 2.62. The van der Waals surface area contributed by atoms with Gasteiger partial charge in [0.2, 0.25) is 0 Å². The number of hydrogen-bond acceptors (Lipinski definition) is 3. The van der Waals surface area contributed by atoms with E-state index >= 15 is 0 Å². The Labute approximate surface area is 156 Å². The highest BCUT2D eigenvalue weighted by molar-refractivity contribution is 5.87. The largest absolute Gasteiger partial charge is 0.391 e. The molecule has 4 aliphatic carbocycles. The van der Waals surface area contributed by atoms with Crippen molar-refractivity contribution in [3.05, 3.63) is 18.5 Å². The summed E-state index contributed by atoms with van der Waals surface area (Å²) in [5.41, 5.74) is 0.228. The van der Waals surface area contributed by atoms with Crippen molar-refractivity contribution >= 4 is 5.78 Å². The molecule has 4 nitrogen and oxygen atoms in total. The molecule has 4 aliphatic rings. The molecule has 1 aromatic rings. The maximum atomic E-state index is 12.6. The minimum atomic E-state index is -0.286. The van der Waals surface area contributed by atoms with Crippen LogP contribution in [0.5, 0.6) is 0 Å². The molecule has 0 amide bonds. The van der Waals surface area contributed by atoms with E-state index in [9.17, 15) is 9.90 Å². The van der Waals surface area contributed by atoms with Gasteiger partial charge < -0.3 is 5.11 Å². The first-order chi connectivity index (χ1) is 12.4. The predicted octanol–water partition coefficient (Wildman–Crippen LogP) is 4.01. The minimum absolute atomic E-state index is 0.0417. The van der Waals surface area contributed by atoms with Gasteiger partial charge in [-0.3, -0.25) is 9.48 Å². The van der Waals surface area contributed by atoms with E-state index in [2.05, 4.69) is 18.9 Å².